The Kier molecular flexibility index (Phi) is 7.49. The van der Waals surface area contributed by atoms with E-state index >= 15 is 0 Å². The van der Waals surface area contributed by atoms with Gasteiger partial charge in [-0.2, -0.15) is 0 Å². The van der Waals surface area contributed by atoms with Crippen molar-refractivity contribution in [3.63, 3.8) is 0 Å². The van der Waals surface area contributed by atoms with Gasteiger partial charge in [0.25, 0.3) is 0 Å². The molecule has 19 heavy (non-hydrogen) atoms. The van der Waals surface area contributed by atoms with Crippen LogP contribution < -0.4 is 5.32 Å². The Labute approximate surface area is 116 Å². The summed E-state index contributed by atoms with van der Waals surface area (Å²) in [5.41, 5.74) is -0.940. The normalized spacial score (nSPS) is 11.5. The van der Waals surface area contributed by atoms with Crippen LogP contribution in [-0.4, -0.2) is 41.6 Å². The molecule has 0 aliphatic rings. The number of nitrogens with zero attached hydrogens (tertiary/aromatic N) is 1. The van der Waals surface area contributed by atoms with Crippen molar-refractivity contribution < 1.29 is 14.7 Å². The summed E-state index contributed by atoms with van der Waals surface area (Å²) in [6.07, 6.45) is 2.09. The van der Waals surface area contributed by atoms with E-state index in [0.29, 0.717) is 12.5 Å². The fourth-order valence-corrected chi connectivity index (χ4v) is 1.70. The molecule has 0 unspecified atom stereocenters. The monoisotopic (exact) mass is 272 g/mol. The lowest BCUT2D eigenvalue weighted by Gasteiger charge is -2.27. The number of carboxylic acid groups (broad SMARTS) is 1. The topological polar surface area (TPSA) is 69.6 Å². The molecule has 0 bridgehead atoms. The van der Waals surface area contributed by atoms with Gasteiger partial charge in [-0.25, -0.2) is 4.79 Å². The lowest BCUT2D eigenvalue weighted by Crippen LogP contribution is -2.46. The van der Waals surface area contributed by atoms with Gasteiger partial charge in [0.1, 0.15) is 0 Å². The molecule has 0 saturated heterocycles. The highest BCUT2D eigenvalue weighted by molar-refractivity contribution is 5.77. The molecule has 5 nitrogen and oxygen atoms in total. The highest BCUT2D eigenvalue weighted by Crippen LogP contribution is 2.14. The first kappa shape index (κ1) is 17.7. The Morgan fingerprint density at radius 3 is 2.11 bits per heavy atom. The number of hydrogen-bond donors (Lipinski definition) is 2. The maximum Gasteiger partial charge on any atom is 0.317 e. The second-order valence-electron chi connectivity index (χ2n) is 5.57. The Hall–Kier alpha value is -1.26. The van der Waals surface area contributed by atoms with E-state index in [1.165, 1.54) is 0 Å². The molecular formula is C14H28N2O3. The number of hydrogen-bond acceptors (Lipinski definition) is 2. The van der Waals surface area contributed by atoms with Crippen LogP contribution in [0, 0.1) is 11.3 Å². The van der Waals surface area contributed by atoms with Crippen LogP contribution in [0.25, 0.3) is 0 Å². The van der Waals surface area contributed by atoms with Crippen LogP contribution in [0.15, 0.2) is 0 Å². The van der Waals surface area contributed by atoms with Crippen molar-refractivity contribution >= 4 is 12.0 Å². The van der Waals surface area contributed by atoms with Crippen LogP contribution in [0.4, 0.5) is 4.79 Å². The minimum atomic E-state index is -0.940. The summed E-state index contributed by atoms with van der Waals surface area (Å²) in [6, 6.07) is -0.177. The summed E-state index contributed by atoms with van der Waals surface area (Å²) < 4.78 is 0. The number of carbonyl (C=O) groups excluding carboxylic acids is 1. The molecule has 0 atom stereocenters. The standard InChI is InChI=1S/C14H28N2O3/c1-6-11(7-2)9-16(8-3)13(19)15-10-14(4,5)12(17)18/h11H,6-10H2,1-5H3,(H,15,19)(H,17,18). The zero-order valence-corrected chi connectivity index (χ0v) is 12.8. The Morgan fingerprint density at radius 1 is 1.21 bits per heavy atom. The Balaban J connectivity index is 4.41. The van der Waals surface area contributed by atoms with Crippen molar-refractivity contribution in [3.8, 4) is 0 Å². The highest BCUT2D eigenvalue weighted by Gasteiger charge is 2.28. The zero-order valence-electron chi connectivity index (χ0n) is 12.8. The van der Waals surface area contributed by atoms with Gasteiger partial charge in [-0.1, -0.05) is 26.7 Å². The SMILES string of the molecule is CCC(CC)CN(CC)C(=O)NCC(C)(C)C(=O)O. The molecule has 0 saturated carbocycles. The summed E-state index contributed by atoms with van der Waals surface area (Å²) in [5.74, 6) is -0.408. The van der Waals surface area contributed by atoms with E-state index in [1.54, 1.807) is 18.7 Å². The molecule has 0 aromatic heterocycles. The maximum absolute atomic E-state index is 12.0. The molecule has 2 amide bonds. The van der Waals surface area contributed by atoms with E-state index in [0.717, 1.165) is 19.4 Å². The first-order chi connectivity index (χ1) is 8.78. The van der Waals surface area contributed by atoms with E-state index < -0.39 is 11.4 Å². The van der Waals surface area contributed by atoms with Crippen molar-refractivity contribution in [1.29, 1.82) is 0 Å². The predicted octanol–water partition coefficient (Wildman–Crippen LogP) is 2.56. The van der Waals surface area contributed by atoms with Gasteiger partial charge >= 0.3 is 12.0 Å². The number of amides is 2. The van der Waals surface area contributed by atoms with Crippen LogP contribution >= 0.6 is 0 Å². The first-order valence-electron chi connectivity index (χ1n) is 7.04. The van der Waals surface area contributed by atoms with Gasteiger partial charge in [-0.15, -0.1) is 0 Å². The van der Waals surface area contributed by atoms with Crippen LogP contribution in [0.3, 0.4) is 0 Å². The highest BCUT2D eigenvalue weighted by atomic mass is 16.4. The molecule has 0 fully saturated rings. The fraction of sp³-hybridized carbons (Fsp3) is 0.857. The third-order valence-corrected chi connectivity index (χ3v) is 3.56. The number of urea groups is 1. The number of rotatable bonds is 8. The molecular weight excluding hydrogens is 244 g/mol. The van der Waals surface area contributed by atoms with Gasteiger partial charge in [0, 0.05) is 19.6 Å². The second kappa shape index (κ2) is 8.02. The van der Waals surface area contributed by atoms with Crippen molar-refractivity contribution in [2.75, 3.05) is 19.6 Å². The maximum atomic E-state index is 12.0. The minimum Gasteiger partial charge on any atom is -0.481 e. The largest absolute Gasteiger partial charge is 0.481 e. The quantitative estimate of drug-likeness (QED) is 0.713. The molecule has 0 aliphatic heterocycles. The number of carboxylic acids is 1. The van der Waals surface area contributed by atoms with E-state index in [4.69, 9.17) is 5.11 Å². The Morgan fingerprint density at radius 2 is 1.74 bits per heavy atom. The van der Waals surface area contributed by atoms with Crippen molar-refractivity contribution in [3.05, 3.63) is 0 Å². The number of carbonyl (C=O) groups is 2. The van der Waals surface area contributed by atoms with Crippen molar-refractivity contribution in [1.82, 2.24) is 10.2 Å². The van der Waals surface area contributed by atoms with Crippen LogP contribution in [0.5, 0.6) is 0 Å². The van der Waals surface area contributed by atoms with Gasteiger partial charge in [0.15, 0.2) is 0 Å². The predicted molar refractivity (Wildman–Crippen MR) is 76.1 cm³/mol. The first-order valence-corrected chi connectivity index (χ1v) is 7.04. The molecule has 0 aliphatic carbocycles. The lowest BCUT2D eigenvalue weighted by molar-refractivity contribution is -0.146. The molecule has 0 aromatic carbocycles. The Bertz CT molecular complexity index is 299. The smallest absolute Gasteiger partial charge is 0.317 e. The number of nitrogens with one attached hydrogen (secondary N) is 1. The van der Waals surface area contributed by atoms with Gasteiger partial charge in [-0.05, 0) is 26.7 Å². The van der Waals surface area contributed by atoms with Crippen LogP contribution in [0.2, 0.25) is 0 Å². The average Bonchev–Trinajstić information content (AvgIpc) is 2.37. The van der Waals surface area contributed by atoms with Gasteiger partial charge in [0.2, 0.25) is 0 Å². The summed E-state index contributed by atoms with van der Waals surface area (Å²) in [7, 11) is 0. The van der Waals surface area contributed by atoms with Gasteiger partial charge < -0.3 is 15.3 Å². The molecule has 0 spiro atoms. The molecule has 0 aromatic rings. The third-order valence-electron chi connectivity index (χ3n) is 3.56. The molecule has 5 heteroatoms. The fourth-order valence-electron chi connectivity index (χ4n) is 1.70. The van der Waals surface area contributed by atoms with E-state index in [9.17, 15) is 9.59 Å². The zero-order chi connectivity index (χ0) is 15.1. The van der Waals surface area contributed by atoms with E-state index in [2.05, 4.69) is 19.2 Å². The summed E-state index contributed by atoms with van der Waals surface area (Å²) in [4.78, 5) is 24.8. The number of aliphatic carboxylic acids is 1. The van der Waals surface area contributed by atoms with Gasteiger partial charge in [0.05, 0.1) is 5.41 Å². The third kappa shape index (κ3) is 5.94. The lowest BCUT2D eigenvalue weighted by atomic mass is 9.94. The molecule has 0 heterocycles. The van der Waals surface area contributed by atoms with Crippen LogP contribution in [-0.2, 0) is 4.79 Å². The molecule has 112 valence electrons. The summed E-state index contributed by atoms with van der Waals surface area (Å²) >= 11 is 0. The molecule has 0 radical (unpaired) electrons. The summed E-state index contributed by atoms with van der Waals surface area (Å²) in [5, 5.41) is 11.7. The van der Waals surface area contributed by atoms with E-state index in [1.807, 2.05) is 6.92 Å². The molecule has 0 rings (SSSR count). The summed E-state index contributed by atoms with van der Waals surface area (Å²) in [6.45, 7) is 10.9. The van der Waals surface area contributed by atoms with Crippen molar-refractivity contribution in [2.45, 2.75) is 47.5 Å². The second-order valence-corrected chi connectivity index (χ2v) is 5.57. The minimum absolute atomic E-state index is 0.139. The molecule has 2 N–H and O–H groups in total. The average molecular weight is 272 g/mol. The van der Waals surface area contributed by atoms with Gasteiger partial charge in [-0.3, -0.25) is 4.79 Å². The van der Waals surface area contributed by atoms with Crippen molar-refractivity contribution in [2.24, 2.45) is 11.3 Å². The van der Waals surface area contributed by atoms with Crippen LogP contribution in [0.1, 0.15) is 47.5 Å². The van der Waals surface area contributed by atoms with E-state index in [-0.39, 0.29) is 12.6 Å².